The Morgan fingerprint density at radius 1 is 1.10 bits per heavy atom. The maximum Gasteiger partial charge on any atom is 0.341 e. The van der Waals surface area contributed by atoms with E-state index in [4.69, 9.17) is 9.47 Å². The number of anilines is 1. The van der Waals surface area contributed by atoms with E-state index in [-0.39, 0.29) is 12.6 Å². The molecule has 2 aromatic rings. The van der Waals surface area contributed by atoms with Crippen LogP contribution in [0.3, 0.4) is 0 Å². The minimum absolute atomic E-state index is 0.0813. The number of amides is 2. The van der Waals surface area contributed by atoms with Crippen molar-refractivity contribution in [3.63, 3.8) is 0 Å². The lowest BCUT2D eigenvalue weighted by atomic mass is 10.1. The fourth-order valence-electron chi connectivity index (χ4n) is 3.19. The molecule has 1 heterocycles. The molecule has 0 aliphatic heterocycles. The Morgan fingerprint density at radius 3 is 2.48 bits per heavy atom. The maximum atomic E-state index is 12.3. The van der Waals surface area contributed by atoms with Crippen molar-refractivity contribution in [2.45, 2.75) is 45.8 Å². The minimum Gasteiger partial charge on any atom is -0.491 e. The standard InChI is InChI=1S/C21H24N2O5S/c1-12(2)28-14-9-7-13(8-10-14)11-22-18(24)19(25)23-20-17(21(26)27-3)15-5-4-6-16(15)29-20/h7-10,12H,4-6,11H2,1-3H3,(H,22,24)(H,23,25). The van der Waals surface area contributed by atoms with E-state index in [0.717, 1.165) is 41.0 Å². The van der Waals surface area contributed by atoms with E-state index in [9.17, 15) is 14.4 Å². The summed E-state index contributed by atoms with van der Waals surface area (Å²) in [6.07, 6.45) is 2.69. The second-order valence-corrected chi connectivity index (χ2v) is 8.11. The normalized spacial score (nSPS) is 12.4. The highest BCUT2D eigenvalue weighted by Gasteiger charge is 2.29. The summed E-state index contributed by atoms with van der Waals surface area (Å²) in [4.78, 5) is 37.7. The second-order valence-electron chi connectivity index (χ2n) is 7.00. The van der Waals surface area contributed by atoms with Gasteiger partial charge in [-0.15, -0.1) is 11.3 Å². The van der Waals surface area contributed by atoms with Gasteiger partial charge in [0.15, 0.2) is 0 Å². The van der Waals surface area contributed by atoms with Gasteiger partial charge in [0.05, 0.1) is 18.8 Å². The Bertz CT molecular complexity index is 918. The van der Waals surface area contributed by atoms with Crippen LogP contribution in [0.2, 0.25) is 0 Å². The third kappa shape index (κ3) is 4.95. The van der Waals surface area contributed by atoms with Crippen molar-refractivity contribution in [2.24, 2.45) is 0 Å². The van der Waals surface area contributed by atoms with Crippen LogP contribution in [0.15, 0.2) is 24.3 Å². The van der Waals surface area contributed by atoms with Crippen molar-refractivity contribution in [1.82, 2.24) is 5.32 Å². The number of nitrogens with one attached hydrogen (secondary N) is 2. The molecule has 0 radical (unpaired) electrons. The zero-order valence-electron chi connectivity index (χ0n) is 16.7. The van der Waals surface area contributed by atoms with Crippen LogP contribution < -0.4 is 15.4 Å². The van der Waals surface area contributed by atoms with Gasteiger partial charge in [0.2, 0.25) is 0 Å². The van der Waals surface area contributed by atoms with Crippen molar-refractivity contribution in [2.75, 3.05) is 12.4 Å². The van der Waals surface area contributed by atoms with Crippen LogP contribution in [0.1, 0.15) is 46.6 Å². The van der Waals surface area contributed by atoms with Gasteiger partial charge in [-0.1, -0.05) is 12.1 Å². The molecule has 1 aliphatic rings. The third-order valence-corrected chi connectivity index (χ3v) is 5.70. The molecule has 1 aromatic heterocycles. The van der Waals surface area contributed by atoms with Crippen LogP contribution in [0.5, 0.6) is 5.75 Å². The van der Waals surface area contributed by atoms with Gasteiger partial charge in [0, 0.05) is 11.4 Å². The van der Waals surface area contributed by atoms with E-state index in [0.29, 0.717) is 10.6 Å². The lowest BCUT2D eigenvalue weighted by molar-refractivity contribution is -0.136. The average molecular weight is 416 g/mol. The second kappa shape index (κ2) is 9.09. The van der Waals surface area contributed by atoms with Gasteiger partial charge in [-0.3, -0.25) is 9.59 Å². The summed E-state index contributed by atoms with van der Waals surface area (Å²) in [5.74, 6) is -1.33. The Kier molecular flexibility index (Phi) is 6.53. The third-order valence-electron chi connectivity index (χ3n) is 4.49. The topological polar surface area (TPSA) is 93.7 Å². The van der Waals surface area contributed by atoms with E-state index in [1.807, 2.05) is 38.1 Å². The number of carbonyl (C=O) groups is 3. The molecule has 1 aromatic carbocycles. The molecular formula is C21H24N2O5S. The number of esters is 1. The van der Waals surface area contributed by atoms with Crippen LogP contribution >= 0.6 is 11.3 Å². The number of benzene rings is 1. The summed E-state index contributed by atoms with van der Waals surface area (Å²) in [6.45, 7) is 4.10. The summed E-state index contributed by atoms with van der Waals surface area (Å²) in [6, 6.07) is 7.29. The predicted molar refractivity (Wildman–Crippen MR) is 110 cm³/mol. The number of methoxy groups -OCH3 is 1. The Balaban J connectivity index is 1.60. The van der Waals surface area contributed by atoms with Gasteiger partial charge in [-0.05, 0) is 56.4 Å². The first kappa shape index (κ1) is 20.9. The van der Waals surface area contributed by atoms with Gasteiger partial charge in [-0.25, -0.2) is 4.79 Å². The predicted octanol–water partition coefficient (Wildman–Crippen LogP) is 3.07. The van der Waals surface area contributed by atoms with Crippen LogP contribution in [0.4, 0.5) is 5.00 Å². The number of hydrogen-bond donors (Lipinski definition) is 2. The van der Waals surface area contributed by atoms with Gasteiger partial charge < -0.3 is 20.1 Å². The van der Waals surface area contributed by atoms with Gasteiger partial charge >= 0.3 is 17.8 Å². The molecule has 7 nitrogen and oxygen atoms in total. The lowest BCUT2D eigenvalue weighted by Crippen LogP contribution is -2.35. The zero-order chi connectivity index (χ0) is 21.0. The van der Waals surface area contributed by atoms with Crippen molar-refractivity contribution in [1.29, 1.82) is 0 Å². The number of rotatable bonds is 6. The van der Waals surface area contributed by atoms with E-state index < -0.39 is 17.8 Å². The largest absolute Gasteiger partial charge is 0.491 e. The first-order chi connectivity index (χ1) is 13.9. The number of fused-ring (bicyclic) bond motifs is 1. The molecule has 1 aliphatic carbocycles. The molecule has 0 fully saturated rings. The summed E-state index contributed by atoms with van der Waals surface area (Å²) < 4.78 is 10.4. The Morgan fingerprint density at radius 2 is 1.83 bits per heavy atom. The molecule has 8 heteroatoms. The van der Waals surface area contributed by atoms with Crippen LogP contribution in [-0.4, -0.2) is 31.0 Å². The first-order valence-electron chi connectivity index (χ1n) is 9.46. The quantitative estimate of drug-likeness (QED) is 0.558. The molecule has 0 atom stereocenters. The zero-order valence-corrected chi connectivity index (χ0v) is 17.5. The Labute approximate surface area is 173 Å². The minimum atomic E-state index is -0.810. The molecule has 2 amide bonds. The fourth-order valence-corrected chi connectivity index (χ4v) is 4.46. The monoisotopic (exact) mass is 416 g/mol. The number of ether oxygens (including phenoxy) is 2. The van der Waals surface area contributed by atoms with Crippen LogP contribution in [0, 0.1) is 0 Å². The highest BCUT2D eigenvalue weighted by atomic mass is 32.1. The summed E-state index contributed by atoms with van der Waals surface area (Å²) >= 11 is 1.33. The SMILES string of the molecule is COC(=O)c1c(NC(=O)C(=O)NCc2ccc(OC(C)C)cc2)sc2c1CCC2. The summed E-state index contributed by atoms with van der Waals surface area (Å²) in [7, 11) is 1.30. The van der Waals surface area contributed by atoms with Crippen molar-refractivity contribution in [3.8, 4) is 5.75 Å². The maximum absolute atomic E-state index is 12.3. The summed E-state index contributed by atoms with van der Waals surface area (Å²) in [5.41, 5.74) is 2.13. The highest BCUT2D eigenvalue weighted by molar-refractivity contribution is 7.17. The molecule has 3 rings (SSSR count). The fraction of sp³-hybridized carbons (Fsp3) is 0.381. The van der Waals surface area contributed by atoms with Crippen molar-refractivity contribution >= 4 is 34.1 Å². The molecule has 29 heavy (non-hydrogen) atoms. The van der Waals surface area contributed by atoms with Gasteiger partial charge in [0.1, 0.15) is 10.8 Å². The molecule has 0 bridgehead atoms. The molecule has 154 valence electrons. The first-order valence-corrected chi connectivity index (χ1v) is 10.3. The van der Waals surface area contributed by atoms with Crippen LogP contribution in [0.25, 0.3) is 0 Å². The van der Waals surface area contributed by atoms with Crippen LogP contribution in [-0.2, 0) is 33.7 Å². The van der Waals surface area contributed by atoms with E-state index in [1.54, 1.807) is 0 Å². The number of hydrogen-bond acceptors (Lipinski definition) is 6. The summed E-state index contributed by atoms with van der Waals surface area (Å²) in [5, 5.41) is 5.53. The average Bonchev–Trinajstić information content (AvgIpc) is 3.26. The molecule has 0 saturated carbocycles. The van der Waals surface area contributed by atoms with Crippen molar-refractivity contribution in [3.05, 3.63) is 45.8 Å². The molecule has 0 saturated heterocycles. The van der Waals surface area contributed by atoms with E-state index >= 15 is 0 Å². The lowest BCUT2D eigenvalue weighted by Gasteiger charge is -2.10. The molecule has 0 unspecified atom stereocenters. The molecular weight excluding hydrogens is 392 g/mol. The van der Waals surface area contributed by atoms with Crippen molar-refractivity contribution < 1.29 is 23.9 Å². The Hall–Kier alpha value is -2.87. The smallest absolute Gasteiger partial charge is 0.341 e. The van der Waals surface area contributed by atoms with E-state index in [1.165, 1.54) is 18.4 Å². The van der Waals surface area contributed by atoms with Gasteiger partial charge in [0.25, 0.3) is 0 Å². The molecule has 0 spiro atoms. The highest BCUT2D eigenvalue weighted by Crippen LogP contribution is 2.39. The number of carbonyl (C=O) groups excluding carboxylic acids is 3. The van der Waals surface area contributed by atoms with Gasteiger partial charge in [-0.2, -0.15) is 0 Å². The molecule has 2 N–H and O–H groups in total. The number of aryl methyl sites for hydroxylation is 1. The number of thiophene rings is 1. The van der Waals surface area contributed by atoms with E-state index in [2.05, 4.69) is 10.6 Å².